The number of rotatable bonds is 7. The molecule has 0 radical (unpaired) electrons. The average molecular weight is 481 g/mol. The van der Waals surface area contributed by atoms with Gasteiger partial charge < -0.3 is 15.2 Å². The van der Waals surface area contributed by atoms with Crippen LogP contribution in [0.15, 0.2) is 65.5 Å². The van der Waals surface area contributed by atoms with E-state index >= 15 is 0 Å². The number of thiophene rings is 1. The first-order valence-electron chi connectivity index (χ1n) is 8.34. The Morgan fingerprint density at radius 3 is 2.62 bits per heavy atom. The lowest BCUT2D eigenvalue weighted by Crippen LogP contribution is -2.37. The Bertz CT molecular complexity index is 767. The van der Waals surface area contributed by atoms with Gasteiger partial charge in [-0.3, -0.25) is 4.99 Å². The summed E-state index contributed by atoms with van der Waals surface area (Å²) >= 11 is 1.79. The molecule has 138 valence electrons. The number of guanidine groups is 1. The van der Waals surface area contributed by atoms with Gasteiger partial charge in [0.1, 0.15) is 0 Å². The van der Waals surface area contributed by atoms with Crippen molar-refractivity contribution >= 4 is 41.3 Å². The Morgan fingerprint density at radius 2 is 1.96 bits per heavy atom. The monoisotopic (exact) mass is 481 g/mol. The van der Waals surface area contributed by atoms with Gasteiger partial charge in [-0.25, -0.2) is 4.98 Å². The van der Waals surface area contributed by atoms with Gasteiger partial charge in [-0.05, 0) is 29.0 Å². The summed E-state index contributed by atoms with van der Waals surface area (Å²) in [5.74, 6) is 0.832. The quantitative estimate of drug-likeness (QED) is 0.309. The predicted octanol–water partition coefficient (Wildman–Crippen LogP) is 3.52. The molecule has 0 aliphatic heterocycles. The molecular formula is C19H24IN5S. The van der Waals surface area contributed by atoms with Crippen molar-refractivity contribution in [2.24, 2.45) is 4.99 Å². The van der Waals surface area contributed by atoms with Crippen LogP contribution in [0, 0.1) is 0 Å². The first-order chi connectivity index (χ1) is 12.3. The minimum atomic E-state index is 0. The second-order valence-electron chi connectivity index (χ2n) is 5.73. The first kappa shape index (κ1) is 20.4. The van der Waals surface area contributed by atoms with Gasteiger partial charge in [-0.2, -0.15) is 0 Å². The number of imidazole rings is 1. The maximum absolute atomic E-state index is 4.28. The lowest BCUT2D eigenvalue weighted by Gasteiger charge is -2.12. The summed E-state index contributed by atoms with van der Waals surface area (Å²) in [4.78, 5) is 9.73. The number of halogens is 1. The number of benzene rings is 1. The predicted molar refractivity (Wildman–Crippen MR) is 119 cm³/mol. The van der Waals surface area contributed by atoms with Crippen molar-refractivity contribution in [1.82, 2.24) is 20.2 Å². The van der Waals surface area contributed by atoms with E-state index in [0.29, 0.717) is 0 Å². The Hall–Kier alpha value is -1.87. The van der Waals surface area contributed by atoms with Crippen LogP contribution in [0.25, 0.3) is 0 Å². The fraction of sp³-hybridized carbons (Fsp3) is 0.263. The van der Waals surface area contributed by atoms with Crippen molar-refractivity contribution in [3.05, 3.63) is 76.5 Å². The first-order valence-corrected chi connectivity index (χ1v) is 9.22. The van der Waals surface area contributed by atoms with Crippen molar-refractivity contribution in [3.8, 4) is 0 Å². The molecule has 3 rings (SSSR count). The minimum absolute atomic E-state index is 0. The largest absolute Gasteiger partial charge is 0.356 e. The van der Waals surface area contributed by atoms with Crippen LogP contribution in [-0.2, 0) is 19.5 Å². The summed E-state index contributed by atoms with van der Waals surface area (Å²) in [6.45, 7) is 2.48. The molecule has 2 N–H and O–H groups in total. The van der Waals surface area contributed by atoms with E-state index in [0.717, 1.165) is 32.0 Å². The van der Waals surface area contributed by atoms with Crippen LogP contribution in [0.1, 0.15) is 16.0 Å². The lowest BCUT2D eigenvalue weighted by atomic mass is 10.1. The van der Waals surface area contributed by atoms with Gasteiger partial charge in [0.15, 0.2) is 5.96 Å². The van der Waals surface area contributed by atoms with Crippen molar-refractivity contribution < 1.29 is 0 Å². The molecule has 3 aromatic rings. The van der Waals surface area contributed by atoms with E-state index in [9.17, 15) is 0 Å². The van der Waals surface area contributed by atoms with Crippen LogP contribution in [0.4, 0.5) is 0 Å². The van der Waals surface area contributed by atoms with Crippen LogP contribution in [0.3, 0.4) is 0 Å². The van der Waals surface area contributed by atoms with Gasteiger partial charge in [0, 0.05) is 44.0 Å². The highest BCUT2D eigenvalue weighted by atomic mass is 127. The van der Waals surface area contributed by atoms with Gasteiger partial charge in [0.05, 0.1) is 6.33 Å². The van der Waals surface area contributed by atoms with E-state index in [1.54, 1.807) is 24.6 Å². The molecule has 7 heteroatoms. The molecule has 1 aromatic carbocycles. The average Bonchev–Trinajstić information content (AvgIpc) is 3.33. The van der Waals surface area contributed by atoms with E-state index in [2.05, 4.69) is 67.0 Å². The van der Waals surface area contributed by atoms with E-state index in [1.807, 2.05) is 12.5 Å². The summed E-state index contributed by atoms with van der Waals surface area (Å²) < 4.78 is 2.06. The molecule has 0 aliphatic rings. The zero-order chi connectivity index (χ0) is 17.3. The van der Waals surface area contributed by atoms with E-state index < -0.39 is 0 Å². The fourth-order valence-electron chi connectivity index (χ4n) is 2.52. The number of hydrogen-bond acceptors (Lipinski definition) is 3. The molecule has 0 spiro atoms. The standard InChI is InChI=1S/C19H23N5S.HI/c1-20-19(22-9-8-18-3-2-12-25-18)23-13-16-4-6-17(7-5-16)14-24-11-10-21-15-24;/h2-7,10-12,15H,8-9,13-14H2,1H3,(H2,20,22,23);1H. The maximum atomic E-state index is 4.28. The minimum Gasteiger partial charge on any atom is -0.356 e. The normalized spacial score (nSPS) is 11.0. The fourth-order valence-corrected chi connectivity index (χ4v) is 3.23. The summed E-state index contributed by atoms with van der Waals surface area (Å²) in [6.07, 6.45) is 6.62. The second kappa shape index (κ2) is 11.0. The molecule has 0 fully saturated rings. The number of nitrogens with one attached hydrogen (secondary N) is 2. The summed E-state index contributed by atoms with van der Waals surface area (Å²) in [5, 5.41) is 8.82. The molecule has 0 saturated carbocycles. The molecule has 0 aliphatic carbocycles. The molecule has 2 aromatic heterocycles. The third-order valence-electron chi connectivity index (χ3n) is 3.87. The second-order valence-corrected chi connectivity index (χ2v) is 6.77. The van der Waals surface area contributed by atoms with Gasteiger partial charge in [0.25, 0.3) is 0 Å². The molecule has 0 atom stereocenters. The number of hydrogen-bond donors (Lipinski definition) is 2. The van der Waals surface area contributed by atoms with Crippen molar-refractivity contribution in [1.29, 1.82) is 0 Å². The maximum Gasteiger partial charge on any atom is 0.191 e. The summed E-state index contributed by atoms with van der Waals surface area (Å²) in [5.41, 5.74) is 2.50. The van der Waals surface area contributed by atoms with E-state index in [4.69, 9.17) is 0 Å². The van der Waals surface area contributed by atoms with Crippen molar-refractivity contribution in [3.63, 3.8) is 0 Å². The highest BCUT2D eigenvalue weighted by Gasteiger charge is 2.00. The Kier molecular flexibility index (Phi) is 8.63. The van der Waals surface area contributed by atoms with Crippen LogP contribution in [0.2, 0.25) is 0 Å². The van der Waals surface area contributed by atoms with Gasteiger partial charge in [-0.1, -0.05) is 30.3 Å². The van der Waals surface area contributed by atoms with Gasteiger partial charge in [-0.15, -0.1) is 35.3 Å². The Morgan fingerprint density at radius 1 is 1.15 bits per heavy atom. The highest BCUT2D eigenvalue weighted by molar-refractivity contribution is 14.0. The van der Waals surface area contributed by atoms with E-state index in [-0.39, 0.29) is 24.0 Å². The van der Waals surface area contributed by atoms with Crippen LogP contribution < -0.4 is 10.6 Å². The van der Waals surface area contributed by atoms with E-state index in [1.165, 1.54) is 16.0 Å². The van der Waals surface area contributed by atoms with Crippen LogP contribution in [0.5, 0.6) is 0 Å². The Labute approximate surface area is 175 Å². The number of aromatic nitrogens is 2. The zero-order valence-electron chi connectivity index (χ0n) is 14.8. The molecule has 2 heterocycles. The van der Waals surface area contributed by atoms with Gasteiger partial charge >= 0.3 is 0 Å². The molecule has 5 nitrogen and oxygen atoms in total. The number of aliphatic imine (C=N–C) groups is 1. The lowest BCUT2D eigenvalue weighted by molar-refractivity contribution is 0.789. The SMILES string of the molecule is CN=C(NCCc1cccs1)NCc1ccc(Cn2ccnc2)cc1.I. The highest BCUT2D eigenvalue weighted by Crippen LogP contribution is 2.08. The number of nitrogens with zero attached hydrogens (tertiary/aromatic N) is 3. The van der Waals surface area contributed by atoms with Crippen LogP contribution in [-0.4, -0.2) is 29.1 Å². The topological polar surface area (TPSA) is 54.2 Å². The molecule has 0 bridgehead atoms. The van der Waals surface area contributed by atoms with Crippen molar-refractivity contribution in [2.45, 2.75) is 19.5 Å². The molecule has 0 saturated heterocycles. The Balaban J connectivity index is 0.00000243. The molecule has 0 amide bonds. The zero-order valence-corrected chi connectivity index (χ0v) is 17.9. The smallest absolute Gasteiger partial charge is 0.191 e. The van der Waals surface area contributed by atoms with Gasteiger partial charge in [0.2, 0.25) is 0 Å². The van der Waals surface area contributed by atoms with Crippen LogP contribution >= 0.6 is 35.3 Å². The molecular weight excluding hydrogens is 457 g/mol. The summed E-state index contributed by atoms with van der Waals surface area (Å²) in [7, 11) is 1.80. The molecule has 26 heavy (non-hydrogen) atoms. The third-order valence-corrected chi connectivity index (χ3v) is 4.81. The summed E-state index contributed by atoms with van der Waals surface area (Å²) in [6, 6.07) is 12.9. The molecule has 0 unspecified atom stereocenters. The third kappa shape index (κ3) is 6.45. The van der Waals surface area contributed by atoms with Crippen molar-refractivity contribution in [2.75, 3.05) is 13.6 Å².